The van der Waals surface area contributed by atoms with E-state index in [0.29, 0.717) is 5.56 Å². The van der Waals surface area contributed by atoms with Gasteiger partial charge < -0.3 is 10.4 Å². The molecule has 0 radical (unpaired) electrons. The van der Waals surface area contributed by atoms with Gasteiger partial charge in [0.25, 0.3) is 5.91 Å². The average molecular weight is 284 g/mol. The molecule has 1 aromatic carbocycles. The number of halogens is 1. The molecule has 0 saturated carbocycles. The van der Waals surface area contributed by atoms with E-state index in [-0.39, 0.29) is 18.3 Å². The molecule has 0 aliphatic rings. The Labute approximate surface area is 121 Å². The van der Waals surface area contributed by atoms with Crippen LogP contribution < -0.4 is 5.32 Å². The number of aromatic nitrogens is 1. The van der Waals surface area contributed by atoms with Crippen LogP contribution in [-0.2, 0) is 0 Å². The fraction of sp³-hybridized carbons (Fsp3) is 0.125. The molecule has 5 heteroatoms. The van der Waals surface area contributed by atoms with Crippen molar-refractivity contribution >= 4 is 11.7 Å². The van der Waals surface area contributed by atoms with Gasteiger partial charge in [-0.1, -0.05) is 11.8 Å². The summed E-state index contributed by atoms with van der Waals surface area (Å²) >= 11 is 0. The first kappa shape index (κ1) is 14.7. The molecule has 21 heavy (non-hydrogen) atoms. The fourth-order valence-corrected chi connectivity index (χ4v) is 1.72. The number of aliphatic hydroxyl groups excluding tert-OH is 1. The molecule has 106 valence electrons. The number of anilines is 1. The van der Waals surface area contributed by atoms with E-state index >= 15 is 0 Å². The smallest absolute Gasteiger partial charge is 0.256 e. The molecule has 0 aliphatic heterocycles. The molecule has 0 bridgehead atoms. The van der Waals surface area contributed by atoms with Crippen molar-refractivity contribution in [2.24, 2.45) is 0 Å². The molecular weight excluding hydrogens is 271 g/mol. The maximum atomic E-state index is 12.7. The highest BCUT2D eigenvalue weighted by Crippen LogP contribution is 2.12. The lowest BCUT2D eigenvalue weighted by atomic mass is 10.0. The second-order valence-corrected chi connectivity index (χ2v) is 4.31. The quantitative estimate of drug-likeness (QED) is 0.830. The standard InChI is InChI=1S/C16H13FN2O2/c1-11-9-13(5-4-12(11)3-2-8-20)16(21)19-15-7-6-14(17)10-18-15/h4-7,9-10,20H,8H2,1H3,(H,18,19,21). The lowest BCUT2D eigenvalue weighted by molar-refractivity contribution is 0.102. The Morgan fingerprint density at radius 2 is 2.19 bits per heavy atom. The van der Waals surface area contributed by atoms with Crippen LogP contribution in [0.3, 0.4) is 0 Å². The van der Waals surface area contributed by atoms with Crippen molar-refractivity contribution in [3.63, 3.8) is 0 Å². The Hall–Kier alpha value is -2.71. The second-order valence-electron chi connectivity index (χ2n) is 4.31. The van der Waals surface area contributed by atoms with E-state index in [0.717, 1.165) is 17.3 Å². The van der Waals surface area contributed by atoms with Gasteiger partial charge in [-0.15, -0.1) is 0 Å². The van der Waals surface area contributed by atoms with Crippen LogP contribution in [0.2, 0.25) is 0 Å². The van der Waals surface area contributed by atoms with Gasteiger partial charge in [0.15, 0.2) is 0 Å². The third kappa shape index (κ3) is 3.88. The summed E-state index contributed by atoms with van der Waals surface area (Å²) in [6, 6.07) is 7.65. The second kappa shape index (κ2) is 6.64. The first-order valence-corrected chi connectivity index (χ1v) is 6.23. The number of nitrogens with zero attached hydrogens (tertiary/aromatic N) is 1. The van der Waals surface area contributed by atoms with Crippen LogP contribution >= 0.6 is 0 Å². The predicted molar refractivity (Wildman–Crippen MR) is 77.3 cm³/mol. The molecule has 0 spiro atoms. The van der Waals surface area contributed by atoms with Gasteiger partial charge in [-0.3, -0.25) is 4.79 Å². The molecule has 2 N–H and O–H groups in total. The zero-order valence-electron chi connectivity index (χ0n) is 11.4. The van der Waals surface area contributed by atoms with E-state index in [4.69, 9.17) is 5.11 Å². The number of benzene rings is 1. The van der Waals surface area contributed by atoms with Crippen LogP contribution in [0, 0.1) is 24.6 Å². The molecule has 0 aliphatic carbocycles. The monoisotopic (exact) mass is 284 g/mol. The third-order valence-corrected chi connectivity index (χ3v) is 2.76. The highest BCUT2D eigenvalue weighted by molar-refractivity contribution is 6.03. The lowest BCUT2D eigenvalue weighted by Crippen LogP contribution is -2.13. The number of aliphatic hydroxyl groups is 1. The molecule has 1 aromatic heterocycles. The van der Waals surface area contributed by atoms with E-state index in [1.807, 2.05) is 6.92 Å². The third-order valence-electron chi connectivity index (χ3n) is 2.76. The van der Waals surface area contributed by atoms with Crippen LogP contribution in [0.1, 0.15) is 21.5 Å². The number of pyridine rings is 1. The molecule has 2 rings (SSSR count). The molecule has 1 amide bonds. The van der Waals surface area contributed by atoms with Crippen LogP contribution in [0.15, 0.2) is 36.5 Å². The summed E-state index contributed by atoms with van der Waals surface area (Å²) in [5.41, 5.74) is 2.03. The minimum absolute atomic E-state index is 0.210. The van der Waals surface area contributed by atoms with Gasteiger partial charge in [-0.05, 0) is 42.8 Å². The Kier molecular flexibility index (Phi) is 4.64. The van der Waals surface area contributed by atoms with E-state index < -0.39 is 5.82 Å². The summed E-state index contributed by atoms with van der Waals surface area (Å²) in [4.78, 5) is 15.8. The lowest BCUT2D eigenvalue weighted by Gasteiger charge is -2.06. The van der Waals surface area contributed by atoms with E-state index in [9.17, 15) is 9.18 Å². The predicted octanol–water partition coefficient (Wildman–Crippen LogP) is 2.13. The van der Waals surface area contributed by atoms with Gasteiger partial charge in [-0.2, -0.15) is 0 Å². The van der Waals surface area contributed by atoms with Gasteiger partial charge >= 0.3 is 0 Å². The van der Waals surface area contributed by atoms with Crippen molar-refractivity contribution in [2.45, 2.75) is 6.92 Å². The topological polar surface area (TPSA) is 62.2 Å². The normalized spacial score (nSPS) is 9.67. The van der Waals surface area contributed by atoms with Crippen molar-refractivity contribution in [1.29, 1.82) is 0 Å². The Morgan fingerprint density at radius 1 is 1.38 bits per heavy atom. The molecule has 4 nitrogen and oxygen atoms in total. The average Bonchev–Trinajstić information content (AvgIpc) is 2.48. The number of rotatable bonds is 2. The number of nitrogens with one attached hydrogen (secondary N) is 1. The molecule has 0 fully saturated rings. The number of aryl methyl sites for hydroxylation is 1. The maximum absolute atomic E-state index is 12.7. The molecule has 0 unspecified atom stereocenters. The van der Waals surface area contributed by atoms with Crippen molar-refractivity contribution in [3.8, 4) is 11.8 Å². The minimum Gasteiger partial charge on any atom is -0.384 e. The maximum Gasteiger partial charge on any atom is 0.256 e. The number of hydrogen-bond acceptors (Lipinski definition) is 3. The van der Waals surface area contributed by atoms with Crippen molar-refractivity contribution < 1.29 is 14.3 Å². The summed E-state index contributed by atoms with van der Waals surface area (Å²) in [5, 5.41) is 11.3. The van der Waals surface area contributed by atoms with Gasteiger partial charge in [0, 0.05) is 11.1 Å². The highest BCUT2D eigenvalue weighted by atomic mass is 19.1. The zero-order valence-corrected chi connectivity index (χ0v) is 11.4. The van der Waals surface area contributed by atoms with Crippen molar-refractivity contribution in [1.82, 2.24) is 4.98 Å². The Morgan fingerprint density at radius 3 is 2.81 bits per heavy atom. The summed E-state index contributed by atoms with van der Waals surface area (Å²) < 4.78 is 12.7. The van der Waals surface area contributed by atoms with E-state index in [2.05, 4.69) is 22.1 Å². The summed E-state index contributed by atoms with van der Waals surface area (Å²) in [6.45, 7) is 1.62. The van der Waals surface area contributed by atoms with Gasteiger partial charge in [0.1, 0.15) is 18.2 Å². The Bertz CT molecular complexity index is 715. The van der Waals surface area contributed by atoms with Crippen LogP contribution in [0.4, 0.5) is 10.2 Å². The first-order valence-electron chi connectivity index (χ1n) is 6.23. The van der Waals surface area contributed by atoms with Gasteiger partial charge in [-0.25, -0.2) is 9.37 Å². The van der Waals surface area contributed by atoms with Gasteiger partial charge in [0.05, 0.1) is 6.20 Å². The summed E-state index contributed by atoms with van der Waals surface area (Å²) in [7, 11) is 0. The fourth-order valence-electron chi connectivity index (χ4n) is 1.72. The molecule has 0 saturated heterocycles. The molecule has 2 aromatic rings. The minimum atomic E-state index is -0.462. The summed E-state index contributed by atoms with van der Waals surface area (Å²) in [6.07, 6.45) is 1.04. The largest absolute Gasteiger partial charge is 0.384 e. The molecular formula is C16H13FN2O2. The first-order chi connectivity index (χ1) is 10.1. The van der Waals surface area contributed by atoms with Crippen molar-refractivity contribution in [3.05, 3.63) is 59.0 Å². The van der Waals surface area contributed by atoms with E-state index in [1.165, 1.54) is 12.1 Å². The van der Waals surface area contributed by atoms with E-state index in [1.54, 1.807) is 18.2 Å². The SMILES string of the molecule is Cc1cc(C(=O)Nc2ccc(F)cn2)ccc1C#CCO. The van der Waals surface area contributed by atoms with Gasteiger partial charge in [0.2, 0.25) is 0 Å². The number of hydrogen-bond donors (Lipinski definition) is 2. The van der Waals surface area contributed by atoms with Crippen LogP contribution in [-0.4, -0.2) is 22.6 Å². The van der Waals surface area contributed by atoms with Crippen LogP contribution in [0.5, 0.6) is 0 Å². The molecule has 0 atom stereocenters. The number of carbonyl (C=O) groups excluding carboxylic acids is 1. The number of carbonyl (C=O) groups is 1. The zero-order chi connectivity index (χ0) is 15.2. The van der Waals surface area contributed by atoms with Crippen LogP contribution in [0.25, 0.3) is 0 Å². The molecule has 1 heterocycles. The van der Waals surface area contributed by atoms with Crippen molar-refractivity contribution in [2.75, 3.05) is 11.9 Å². The summed E-state index contributed by atoms with van der Waals surface area (Å²) in [5.74, 6) is 4.84. The Balaban J connectivity index is 2.16. The number of amides is 1. The highest BCUT2D eigenvalue weighted by Gasteiger charge is 2.08.